The molecule has 0 radical (unpaired) electrons. The first-order valence-corrected chi connectivity index (χ1v) is 7.50. The highest BCUT2D eigenvalue weighted by Crippen LogP contribution is 2.28. The van der Waals surface area contributed by atoms with Gasteiger partial charge in [0.25, 0.3) is 0 Å². The third-order valence-corrected chi connectivity index (χ3v) is 3.87. The molecule has 1 aromatic heterocycles. The predicted octanol–water partition coefficient (Wildman–Crippen LogP) is 3.85. The smallest absolute Gasteiger partial charge is 0.203 e. The van der Waals surface area contributed by atoms with Crippen molar-refractivity contribution in [2.75, 3.05) is 12.3 Å². The molecule has 0 spiro atoms. The molecule has 3 rings (SSSR count). The van der Waals surface area contributed by atoms with E-state index in [1.165, 1.54) is 11.3 Å². The summed E-state index contributed by atoms with van der Waals surface area (Å²) in [6.45, 7) is 2.66. The summed E-state index contributed by atoms with van der Waals surface area (Å²) in [4.78, 5) is 0. The van der Waals surface area contributed by atoms with E-state index in [4.69, 9.17) is 10.5 Å². The molecular formula is C16H15N3OS. The van der Waals surface area contributed by atoms with Crippen LogP contribution in [0.25, 0.3) is 21.7 Å². The molecule has 0 fully saturated rings. The summed E-state index contributed by atoms with van der Waals surface area (Å²) < 4.78 is 5.45. The molecule has 0 aliphatic heterocycles. The van der Waals surface area contributed by atoms with Crippen LogP contribution in [0, 0.1) is 0 Å². The van der Waals surface area contributed by atoms with Crippen LogP contribution in [0.3, 0.4) is 0 Å². The Hall–Kier alpha value is -2.40. The molecule has 2 N–H and O–H groups in total. The Morgan fingerprint density at radius 3 is 2.00 bits per heavy atom. The number of anilines is 1. The number of hydrogen-bond donors (Lipinski definition) is 1. The summed E-state index contributed by atoms with van der Waals surface area (Å²) in [7, 11) is 0. The number of rotatable bonds is 4. The standard InChI is InChI=1S/C16H15N3OS/c1-2-20-14-9-7-12(8-10-14)11-3-5-13(6-4-11)15-18-19-16(17)21-15/h3-10H,2H2,1H3,(H2,17,19). The minimum atomic E-state index is 0.487. The van der Waals surface area contributed by atoms with E-state index in [0.29, 0.717) is 11.7 Å². The first-order chi connectivity index (χ1) is 10.3. The second-order valence-corrected chi connectivity index (χ2v) is 5.49. The maximum atomic E-state index is 5.61. The average molecular weight is 297 g/mol. The number of benzene rings is 2. The van der Waals surface area contributed by atoms with Gasteiger partial charge in [0.2, 0.25) is 5.13 Å². The van der Waals surface area contributed by atoms with Crippen molar-refractivity contribution in [3.8, 4) is 27.4 Å². The molecule has 3 aromatic rings. The lowest BCUT2D eigenvalue weighted by molar-refractivity contribution is 0.340. The number of nitrogens with zero attached hydrogens (tertiary/aromatic N) is 2. The Morgan fingerprint density at radius 1 is 0.905 bits per heavy atom. The van der Waals surface area contributed by atoms with Gasteiger partial charge in [0.05, 0.1) is 6.61 Å². The largest absolute Gasteiger partial charge is 0.494 e. The quantitative estimate of drug-likeness (QED) is 0.794. The summed E-state index contributed by atoms with van der Waals surface area (Å²) in [5.74, 6) is 0.891. The van der Waals surface area contributed by atoms with Crippen molar-refractivity contribution in [1.29, 1.82) is 0 Å². The number of ether oxygens (including phenoxy) is 1. The van der Waals surface area contributed by atoms with Gasteiger partial charge in [-0.3, -0.25) is 0 Å². The lowest BCUT2D eigenvalue weighted by Gasteiger charge is -2.05. The predicted molar refractivity (Wildman–Crippen MR) is 86.4 cm³/mol. The highest BCUT2D eigenvalue weighted by Gasteiger charge is 2.05. The first kappa shape index (κ1) is 13.6. The van der Waals surface area contributed by atoms with E-state index in [9.17, 15) is 0 Å². The van der Waals surface area contributed by atoms with Gasteiger partial charge in [-0.1, -0.05) is 47.7 Å². The third-order valence-electron chi connectivity index (χ3n) is 3.07. The monoisotopic (exact) mass is 297 g/mol. The fourth-order valence-corrected chi connectivity index (χ4v) is 2.68. The summed E-state index contributed by atoms with van der Waals surface area (Å²) in [5.41, 5.74) is 8.94. The normalized spacial score (nSPS) is 10.5. The molecular weight excluding hydrogens is 282 g/mol. The number of nitrogens with two attached hydrogens (primary N) is 1. The van der Waals surface area contributed by atoms with Gasteiger partial charge < -0.3 is 10.5 Å². The maximum absolute atomic E-state index is 5.61. The van der Waals surface area contributed by atoms with Crippen molar-refractivity contribution in [2.24, 2.45) is 0 Å². The van der Waals surface area contributed by atoms with E-state index in [2.05, 4.69) is 34.5 Å². The fourth-order valence-electron chi connectivity index (χ4n) is 2.07. The van der Waals surface area contributed by atoms with Crippen LogP contribution in [0.1, 0.15) is 6.92 Å². The van der Waals surface area contributed by atoms with Crippen LogP contribution in [0.15, 0.2) is 48.5 Å². The van der Waals surface area contributed by atoms with Gasteiger partial charge in [0.1, 0.15) is 10.8 Å². The van der Waals surface area contributed by atoms with Crippen molar-refractivity contribution in [3.63, 3.8) is 0 Å². The first-order valence-electron chi connectivity index (χ1n) is 6.69. The molecule has 5 heteroatoms. The van der Waals surface area contributed by atoms with Crippen LogP contribution in [0.4, 0.5) is 5.13 Å². The molecule has 2 aromatic carbocycles. The molecule has 0 unspecified atom stereocenters. The lowest BCUT2D eigenvalue weighted by atomic mass is 10.0. The van der Waals surface area contributed by atoms with Gasteiger partial charge >= 0.3 is 0 Å². The van der Waals surface area contributed by atoms with Crippen molar-refractivity contribution in [2.45, 2.75) is 6.92 Å². The highest BCUT2D eigenvalue weighted by atomic mass is 32.1. The minimum Gasteiger partial charge on any atom is -0.494 e. The van der Waals surface area contributed by atoms with Gasteiger partial charge in [-0.2, -0.15) is 0 Å². The summed E-state index contributed by atoms with van der Waals surface area (Å²) in [6.07, 6.45) is 0. The zero-order valence-electron chi connectivity index (χ0n) is 11.6. The van der Waals surface area contributed by atoms with Crippen LogP contribution in [-0.4, -0.2) is 16.8 Å². The molecule has 0 aliphatic carbocycles. The summed E-state index contributed by atoms with van der Waals surface area (Å²) in [5, 5.41) is 9.21. The fraction of sp³-hybridized carbons (Fsp3) is 0.125. The van der Waals surface area contributed by atoms with E-state index in [0.717, 1.165) is 27.4 Å². The van der Waals surface area contributed by atoms with Gasteiger partial charge in [-0.15, -0.1) is 10.2 Å². The van der Waals surface area contributed by atoms with Crippen LogP contribution in [-0.2, 0) is 0 Å². The van der Waals surface area contributed by atoms with Crippen LogP contribution in [0.2, 0.25) is 0 Å². The van der Waals surface area contributed by atoms with Crippen LogP contribution in [0.5, 0.6) is 5.75 Å². The van der Waals surface area contributed by atoms with E-state index >= 15 is 0 Å². The van der Waals surface area contributed by atoms with Crippen LogP contribution >= 0.6 is 11.3 Å². The van der Waals surface area contributed by atoms with Gasteiger partial charge in [0.15, 0.2) is 0 Å². The Balaban J connectivity index is 1.83. The van der Waals surface area contributed by atoms with Crippen molar-refractivity contribution < 1.29 is 4.74 Å². The molecule has 106 valence electrons. The van der Waals surface area contributed by atoms with Crippen molar-refractivity contribution in [1.82, 2.24) is 10.2 Å². The SMILES string of the molecule is CCOc1ccc(-c2ccc(-c3nnc(N)s3)cc2)cc1. The second kappa shape index (κ2) is 5.93. The Bertz CT molecular complexity index is 720. The minimum absolute atomic E-state index is 0.487. The van der Waals surface area contributed by atoms with Crippen LogP contribution < -0.4 is 10.5 Å². The zero-order chi connectivity index (χ0) is 14.7. The molecule has 21 heavy (non-hydrogen) atoms. The molecule has 0 saturated carbocycles. The van der Waals surface area contributed by atoms with Crippen molar-refractivity contribution >= 4 is 16.5 Å². The third kappa shape index (κ3) is 3.03. The number of aromatic nitrogens is 2. The molecule has 0 aliphatic rings. The Labute approximate surface area is 127 Å². The van der Waals surface area contributed by atoms with E-state index in [1.54, 1.807) is 0 Å². The zero-order valence-corrected chi connectivity index (χ0v) is 12.4. The molecule has 1 heterocycles. The average Bonchev–Trinajstić information content (AvgIpc) is 2.95. The second-order valence-electron chi connectivity index (χ2n) is 4.48. The maximum Gasteiger partial charge on any atom is 0.203 e. The van der Waals surface area contributed by atoms with Crippen molar-refractivity contribution in [3.05, 3.63) is 48.5 Å². The van der Waals surface area contributed by atoms with E-state index in [1.807, 2.05) is 31.2 Å². The molecule has 0 bridgehead atoms. The van der Waals surface area contributed by atoms with E-state index in [-0.39, 0.29) is 0 Å². The Morgan fingerprint density at radius 2 is 1.48 bits per heavy atom. The van der Waals surface area contributed by atoms with Gasteiger partial charge in [-0.25, -0.2) is 0 Å². The lowest BCUT2D eigenvalue weighted by Crippen LogP contribution is -1.90. The molecule has 4 nitrogen and oxygen atoms in total. The Kier molecular flexibility index (Phi) is 3.83. The number of hydrogen-bond acceptors (Lipinski definition) is 5. The summed E-state index contributed by atoms with van der Waals surface area (Å²) in [6, 6.07) is 16.3. The number of nitrogen functional groups attached to an aromatic ring is 1. The van der Waals surface area contributed by atoms with Gasteiger partial charge in [-0.05, 0) is 30.2 Å². The highest BCUT2D eigenvalue weighted by molar-refractivity contribution is 7.18. The van der Waals surface area contributed by atoms with Gasteiger partial charge in [0, 0.05) is 5.56 Å². The molecule has 0 amide bonds. The molecule has 0 atom stereocenters. The van der Waals surface area contributed by atoms with E-state index < -0.39 is 0 Å². The molecule has 0 saturated heterocycles. The topological polar surface area (TPSA) is 61.0 Å². The summed E-state index contributed by atoms with van der Waals surface area (Å²) >= 11 is 1.39.